The lowest BCUT2D eigenvalue weighted by Gasteiger charge is -2.28. The quantitative estimate of drug-likeness (QED) is 0.587. The van der Waals surface area contributed by atoms with E-state index in [1.807, 2.05) is 30.3 Å². The fraction of sp³-hybridized carbons (Fsp3) is 0.391. The molecule has 0 saturated carbocycles. The molecule has 5 nitrogen and oxygen atoms in total. The Morgan fingerprint density at radius 2 is 1.79 bits per heavy atom. The summed E-state index contributed by atoms with van der Waals surface area (Å²) >= 11 is 0. The molecule has 2 rings (SSSR count). The van der Waals surface area contributed by atoms with Crippen molar-refractivity contribution in [2.75, 3.05) is 19.7 Å². The summed E-state index contributed by atoms with van der Waals surface area (Å²) in [4.78, 5) is 26.9. The van der Waals surface area contributed by atoms with E-state index in [1.54, 1.807) is 6.92 Å². The number of hydrogen-bond donors (Lipinski definition) is 1. The predicted octanol–water partition coefficient (Wildman–Crippen LogP) is 3.58. The van der Waals surface area contributed by atoms with Gasteiger partial charge in [0.2, 0.25) is 5.91 Å². The fourth-order valence-corrected chi connectivity index (χ4v) is 2.86. The average molecular weight is 400 g/mol. The second kappa shape index (κ2) is 11.8. The van der Waals surface area contributed by atoms with Crippen molar-refractivity contribution >= 4 is 11.8 Å². The van der Waals surface area contributed by atoms with Gasteiger partial charge in [-0.15, -0.1) is 0 Å². The van der Waals surface area contributed by atoms with Crippen molar-refractivity contribution in [3.05, 3.63) is 66.0 Å². The number of nitrogens with one attached hydrogen (secondary N) is 1. The second-order valence-corrected chi connectivity index (χ2v) is 6.89. The Hall–Kier alpha value is -2.89. The molecule has 2 aromatic rings. The van der Waals surface area contributed by atoms with Gasteiger partial charge in [-0.2, -0.15) is 0 Å². The van der Waals surface area contributed by atoms with Crippen molar-refractivity contribution in [1.82, 2.24) is 10.2 Å². The highest BCUT2D eigenvalue weighted by atomic mass is 19.1. The van der Waals surface area contributed by atoms with Gasteiger partial charge in [-0.3, -0.25) is 9.59 Å². The third-order valence-corrected chi connectivity index (χ3v) is 4.66. The lowest BCUT2D eigenvalue weighted by Crippen LogP contribution is -2.50. The second-order valence-electron chi connectivity index (χ2n) is 6.89. The number of hydrogen-bond acceptors (Lipinski definition) is 3. The van der Waals surface area contributed by atoms with Gasteiger partial charge in [0.25, 0.3) is 5.91 Å². The first-order valence-corrected chi connectivity index (χ1v) is 10.0. The van der Waals surface area contributed by atoms with Gasteiger partial charge in [-0.25, -0.2) is 4.39 Å². The van der Waals surface area contributed by atoms with Crippen LogP contribution in [0.1, 0.15) is 32.3 Å². The van der Waals surface area contributed by atoms with Gasteiger partial charge in [-0.1, -0.05) is 43.7 Å². The molecule has 0 aliphatic rings. The van der Waals surface area contributed by atoms with E-state index in [4.69, 9.17) is 4.74 Å². The van der Waals surface area contributed by atoms with Crippen molar-refractivity contribution in [3.8, 4) is 5.75 Å². The zero-order chi connectivity index (χ0) is 21.1. The minimum atomic E-state index is -0.611. The van der Waals surface area contributed by atoms with Gasteiger partial charge in [0, 0.05) is 13.1 Å². The standard InChI is InChI=1S/C23H29FN2O3/c1-3-4-15-25-23(28)18(2)26(16-14-19-8-6-5-7-9-19)22(27)17-29-21-12-10-20(24)11-13-21/h5-13,18H,3-4,14-17H2,1-2H3,(H,25,28). The molecule has 2 amide bonds. The molecular weight excluding hydrogens is 371 g/mol. The first-order valence-electron chi connectivity index (χ1n) is 10.0. The number of carbonyl (C=O) groups is 2. The van der Waals surface area contributed by atoms with Gasteiger partial charge >= 0.3 is 0 Å². The summed E-state index contributed by atoms with van der Waals surface area (Å²) < 4.78 is 18.5. The highest BCUT2D eigenvalue weighted by Crippen LogP contribution is 2.12. The molecule has 0 spiro atoms. The van der Waals surface area contributed by atoms with Crippen LogP contribution < -0.4 is 10.1 Å². The molecule has 1 atom stereocenters. The lowest BCUT2D eigenvalue weighted by molar-refractivity contribution is -0.141. The molecule has 6 heteroatoms. The van der Waals surface area contributed by atoms with Gasteiger partial charge in [-0.05, 0) is 49.6 Å². The van der Waals surface area contributed by atoms with Crippen molar-refractivity contribution in [3.63, 3.8) is 0 Å². The van der Waals surface area contributed by atoms with E-state index >= 15 is 0 Å². The molecule has 0 fully saturated rings. The summed E-state index contributed by atoms with van der Waals surface area (Å²) in [6, 6.07) is 14.7. The third-order valence-electron chi connectivity index (χ3n) is 4.66. The van der Waals surface area contributed by atoms with Crippen LogP contribution in [0, 0.1) is 5.82 Å². The molecule has 1 unspecified atom stereocenters. The summed E-state index contributed by atoms with van der Waals surface area (Å²) in [6.07, 6.45) is 2.51. The van der Waals surface area contributed by atoms with E-state index in [2.05, 4.69) is 12.2 Å². The van der Waals surface area contributed by atoms with E-state index in [0.717, 1.165) is 18.4 Å². The first kappa shape index (κ1) is 22.4. The van der Waals surface area contributed by atoms with Gasteiger partial charge in [0.15, 0.2) is 6.61 Å². The molecule has 0 aliphatic heterocycles. The molecule has 0 bridgehead atoms. The van der Waals surface area contributed by atoms with Crippen LogP contribution in [-0.4, -0.2) is 42.5 Å². The summed E-state index contributed by atoms with van der Waals surface area (Å²) in [5, 5.41) is 2.88. The molecule has 0 saturated heterocycles. The maximum atomic E-state index is 13.0. The van der Waals surface area contributed by atoms with Crippen LogP contribution in [0.3, 0.4) is 0 Å². The third kappa shape index (κ3) is 7.56. The van der Waals surface area contributed by atoms with Crippen LogP contribution >= 0.6 is 0 Å². The Labute approximate surface area is 171 Å². The maximum absolute atomic E-state index is 13.0. The monoisotopic (exact) mass is 400 g/mol. The Balaban J connectivity index is 2.01. The van der Waals surface area contributed by atoms with Crippen molar-refractivity contribution < 1.29 is 18.7 Å². The van der Waals surface area contributed by atoms with Gasteiger partial charge < -0.3 is 15.0 Å². The molecular formula is C23H29FN2O3. The molecule has 0 aromatic heterocycles. The largest absolute Gasteiger partial charge is 0.484 e. The van der Waals surface area contributed by atoms with Crippen molar-refractivity contribution in [2.24, 2.45) is 0 Å². The molecule has 2 aromatic carbocycles. The molecule has 29 heavy (non-hydrogen) atoms. The Kier molecular flexibility index (Phi) is 9.15. The van der Waals surface area contributed by atoms with Gasteiger partial charge in [0.05, 0.1) is 0 Å². The molecule has 0 aliphatic carbocycles. The van der Waals surface area contributed by atoms with Crippen LogP contribution in [0.25, 0.3) is 0 Å². The van der Waals surface area contributed by atoms with Gasteiger partial charge in [0.1, 0.15) is 17.6 Å². The fourth-order valence-electron chi connectivity index (χ4n) is 2.86. The van der Waals surface area contributed by atoms with E-state index in [0.29, 0.717) is 25.3 Å². The number of unbranched alkanes of at least 4 members (excludes halogenated alkanes) is 1. The van der Waals surface area contributed by atoms with E-state index < -0.39 is 6.04 Å². The molecule has 0 radical (unpaired) electrons. The number of ether oxygens (including phenoxy) is 1. The summed E-state index contributed by atoms with van der Waals surface area (Å²) in [5.74, 6) is -0.432. The highest BCUT2D eigenvalue weighted by molar-refractivity contribution is 5.87. The van der Waals surface area contributed by atoms with Crippen molar-refractivity contribution in [2.45, 2.75) is 39.2 Å². The Bertz CT molecular complexity index is 765. The first-order chi connectivity index (χ1) is 14.0. The summed E-state index contributed by atoms with van der Waals surface area (Å²) in [6.45, 7) is 4.55. The number of halogens is 1. The normalized spacial score (nSPS) is 11.6. The smallest absolute Gasteiger partial charge is 0.261 e. The van der Waals surface area contributed by atoms with Crippen LogP contribution in [0.5, 0.6) is 5.75 Å². The number of rotatable bonds is 11. The molecule has 156 valence electrons. The molecule has 1 N–H and O–H groups in total. The van der Waals surface area contributed by atoms with E-state index in [-0.39, 0.29) is 24.2 Å². The SMILES string of the molecule is CCCCNC(=O)C(C)N(CCc1ccccc1)C(=O)COc1ccc(F)cc1. The van der Waals surface area contributed by atoms with Crippen LogP contribution in [0.2, 0.25) is 0 Å². The number of carbonyl (C=O) groups excluding carboxylic acids is 2. The lowest BCUT2D eigenvalue weighted by atomic mass is 10.1. The minimum absolute atomic E-state index is 0.179. The highest BCUT2D eigenvalue weighted by Gasteiger charge is 2.25. The van der Waals surface area contributed by atoms with Crippen LogP contribution in [-0.2, 0) is 16.0 Å². The van der Waals surface area contributed by atoms with Crippen LogP contribution in [0.15, 0.2) is 54.6 Å². The molecule has 0 heterocycles. The van der Waals surface area contributed by atoms with Crippen molar-refractivity contribution in [1.29, 1.82) is 0 Å². The van der Waals surface area contributed by atoms with Crippen LogP contribution in [0.4, 0.5) is 4.39 Å². The number of amides is 2. The average Bonchev–Trinajstić information content (AvgIpc) is 2.74. The maximum Gasteiger partial charge on any atom is 0.261 e. The zero-order valence-corrected chi connectivity index (χ0v) is 17.1. The van der Waals surface area contributed by atoms with E-state index in [9.17, 15) is 14.0 Å². The topological polar surface area (TPSA) is 58.6 Å². The predicted molar refractivity (Wildman–Crippen MR) is 111 cm³/mol. The number of nitrogens with zero attached hydrogens (tertiary/aromatic N) is 1. The summed E-state index contributed by atoms with van der Waals surface area (Å²) in [5.41, 5.74) is 1.09. The zero-order valence-electron chi connectivity index (χ0n) is 17.1. The number of benzene rings is 2. The van der Waals surface area contributed by atoms with E-state index in [1.165, 1.54) is 29.2 Å². The Morgan fingerprint density at radius 3 is 2.45 bits per heavy atom. The summed E-state index contributed by atoms with van der Waals surface area (Å²) in [7, 11) is 0. The minimum Gasteiger partial charge on any atom is -0.484 e. The Morgan fingerprint density at radius 1 is 1.10 bits per heavy atom.